The summed E-state index contributed by atoms with van der Waals surface area (Å²) in [4.78, 5) is 12.6. The van der Waals surface area contributed by atoms with Crippen LogP contribution in [0.4, 0.5) is 0 Å². The maximum absolute atomic E-state index is 12.2. The van der Waals surface area contributed by atoms with Gasteiger partial charge in [-0.15, -0.1) is 0 Å². The zero-order valence-corrected chi connectivity index (χ0v) is 11.7. The summed E-state index contributed by atoms with van der Waals surface area (Å²) in [5.74, 6) is -0.429. The molecule has 0 spiro atoms. The maximum Gasteiger partial charge on any atom is 0.310 e. The Bertz CT molecular complexity index is 462. The van der Waals surface area contributed by atoms with Crippen molar-refractivity contribution in [2.75, 3.05) is 0 Å². The molecule has 0 radical (unpaired) electrons. The van der Waals surface area contributed by atoms with Crippen molar-refractivity contribution < 1.29 is 13.7 Å². The molecule has 2 rings (SSSR count). The number of benzene rings is 1. The van der Waals surface area contributed by atoms with Crippen molar-refractivity contribution >= 4 is 16.8 Å². The predicted molar refractivity (Wildman–Crippen MR) is 70.6 cm³/mol. The quantitative estimate of drug-likeness (QED) is 0.790. The lowest BCUT2D eigenvalue weighted by Crippen LogP contribution is -2.26. The number of ether oxygens (including phenoxy) is 1. The van der Waals surface area contributed by atoms with E-state index in [4.69, 9.17) is 4.74 Å². The second kappa shape index (κ2) is 4.84. The van der Waals surface area contributed by atoms with Gasteiger partial charge in [-0.05, 0) is 39.3 Å². The van der Waals surface area contributed by atoms with Crippen molar-refractivity contribution in [3.05, 3.63) is 30.3 Å². The third-order valence-corrected chi connectivity index (χ3v) is 4.50. The Balaban J connectivity index is 1.96. The van der Waals surface area contributed by atoms with Gasteiger partial charge in [-0.3, -0.25) is 9.00 Å². The molecule has 1 unspecified atom stereocenters. The van der Waals surface area contributed by atoms with Gasteiger partial charge in [0.2, 0.25) is 0 Å². The monoisotopic (exact) mass is 266 g/mol. The lowest BCUT2D eigenvalue weighted by Gasteiger charge is -2.19. The fourth-order valence-corrected chi connectivity index (χ4v) is 3.33. The summed E-state index contributed by atoms with van der Waals surface area (Å²) in [5.41, 5.74) is -0.474. The molecule has 0 amide bonds. The normalized spacial score (nSPS) is 24.4. The third kappa shape index (κ3) is 3.19. The molecule has 1 aliphatic carbocycles. The topological polar surface area (TPSA) is 43.4 Å². The van der Waals surface area contributed by atoms with Gasteiger partial charge < -0.3 is 4.74 Å². The molecule has 3 atom stereocenters. The van der Waals surface area contributed by atoms with Gasteiger partial charge in [0.05, 0.1) is 22.0 Å². The van der Waals surface area contributed by atoms with Gasteiger partial charge >= 0.3 is 5.97 Å². The van der Waals surface area contributed by atoms with Gasteiger partial charge in [0.25, 0.3) is 0 Å². The Hall–Kier alpha value is -1.16. The standard InChI is InChI=1S/C14H18O3S/c1-14(2,3)17-13(15)11-9-12(11)18(16)10-7-5-4-6-8-10/h4-8,11-12H,9H2,1-3H3/t11-,12+,18?/m1/s1. The van der Waals surface area contributed by atoms with Crippen molar-refractivity contribution in [1.29, 1.82) is 0 Å². The fourth-order valence-electron chi connectivity index (χ4n) is 1.76. The Kier molecular flexibility index (Phi) is 3.57. The van der Waals surface area contributed by atoms with E-state index in [0.29, 0.717) is 6.42 Å². The molecule has 1 aromatic rings. The summed E-state index contributed by atoms with van der Waals surface area (Å²) in [7, 11) is -1.10. The van der Waals surface area contributed by atoms with E-state index in [9.17, 15) is 9.00 Å². The molecule has 1 fully saturated rings. The Morgan fingerprint density at radius 3 is 2.44 bits per heavy atom. The Morgan fingerprint density at radius 1 is 1.28 bits per heavy atom. The largest absolute Gasteiger partial charge is 0.460 e. The van der Waals surface area contributed by atoms with Crippen LogP contribution < -0.4 is 0 Å². The van der Waals surface area contributed by atoms with Crippen LogP contribution in [0.15, 0.2) is 35.2 Å². The highest BCUT2D eigenvalue weighted by Crippen LogP contribution is 2.39. The van der Waals surface area contributed by atoms with Gasteiger partial charge in [0.15, 0.2) is 0 Å². The van der Waals surface area contributed by atoms with Gasteiger partial charge in [0, 0.05) is 4.90 Å². The van der Waals surface area contributed by atoms with Crippen LogP contribution in [0.2, 0.25) is 0 Å². The summed E-state index contributed by atoms with van der Waals surface area (Å²) in [5, 5.41) is -0.0813. The zero-order valence-electron chi connectivity index (χ0n) is 10.9. The fraction of sp³-hybridized carbons (Fsp3) is 0.500. The molecular weight excluding hydrogens is 248 g/mol. The Morgan fingerprint density at radius 2 is 1.89 bits per heavy atom. The first kappa shape index (κ1) is 13.3. The molecule has 1 aromatic carbocycles. The van der Waals surface area contributed by atoms with Crippen LogP contribution in [0.1, 0.15) is 27.2 Å². The van der Waals surface area contributed by atoms with Crippen LogP contribution in [-0.4, -0.2) is 21.0 Å². The Labute approximate surface area is 110 Å². The smallest absolute Gasteiger partial charge is 0.310 e. The summed E-state index contributed by atoms with van der Waals surface area (Å²) < 4.78 is 17.5. The van der Waals surface area contributed by atoms with E-state index in [1.165, 1.54) is 0 Å². The minimum atomic E-state index is -1.10. The molecule has 1 saturated carbocycles. The van der Waals surface area contributed by atoms with Crippen LogP contribution in [0.25, 0.3) is 0 Å². The maximum atomic E-state index is 12.2. The van der Waals surface area contributed by atoms with Crippen molar-refractivity contribution in [2.24, 2.45) is 5.92 Å². The van der Waals surface area contributed by atoms with E-state index in [1.54, 1.807) is 0 Å². The van der Waals surface area contributed by atoms with Crippen LogP contribution in [0, 0.1) is 5.92 Å². The van der Waals surface area contributed by atoms with Gasteiger partial charge in [-0.1, -0.05) is 18.2 Å². The molecule has 4 heteroatoms. The summed E-state index contributed by atoms with van der Waals surface area (Å²) in [6, 6.07) is 9.27. The van der Waals surface area contributed by atoms with E-state index in [1.807, 2.05) is 51.1 Å². The molecule has 18 heavy (non-hydrogen) atoms. The molecule has 0 saturated heterocycles. The minimum absolute atomic E-state index is 0.0813. The number of rotatable bonds is 3. The van der Waals surface area contributed by atoms with Crippen LogP contribution in [0.5, 0.6) is 0 Å². The molecular formula is C14H18O3S. The van der Waals surface area contributed by atoms with E-state index >= 15 is 0 Å². The van der Waals surface area contributed by atoms with E-state index in [-0.39, 0.29) is 17.1 Å². The summed E-state index contributed by atoms with van der Waals surface area (Å²) >= 11 is 0. The van der Waals surface area contributed by atoms with Gasteiger partial charge in [0.1, 0.15) is 5.60 Å². The van der Waals surface area contributed by atoms with Crippen molar-refractivity contribution in [3.8, 4) is 0 Å². The van der Waals surface area contributed by atoms with Crippen LogP contribution >= 0.6 is 0 Å². The third-order valence-electron chi connectivity index (χ3n) is 2.69. The lowest BCUT2D eigenvalue weighted by molar-refractivity contribution is -0.156. The SMILES string of the molecule is CC(C)(C)OC(=O)[C@@H]1C[C@@H]1S(=O)c1ccccc1. The number of esters is 1. The minimum Gasteiger partial charge on any atom is -0.460 e. The molecule has 98 valence electrons. The average Bonchev–Trinajstić information content (AvgIpc) is 3.07. The number of carbonyl (C=O) groups is 1. The van der Waals surface area contributed by atoms with Gasteiger partial charge in [-0.2, -0.15) is 0 Å². The molecule has 0 aromatic heterocycles. The van der Waals surface area contributed by atoms with E-state index < -0.39 is 16.4 Å². The van der Waals surface area contributed by atoms with Crippen LogP contribution in [0.3, 0.4) is 0 Å². The molecule has 0 aliphatic heterocycles. The van der Waals surface area contributed by atoms with Crippen molar-refractivity contribution in [3.63, 3.8) is 0 Å². The molecule has 3 nitrogen and oxygen atoms in total. The molecule has 0 bridgehead atoms. The molecule has 1 aliphatic rings. The highest BCUT2D eigenvalue weighted by atomic mass is 32.2. The van der Waals surface area contributed by atoms with E-state index in [2.05, 4.69) is 0 Å². The lowest BCUT2D eigenvalue weighted by atomic mass is 10.2. The van der Waals surface area contributed by atoms with Crippen LogP contribution in [-0.2, 0) is 20.3 Å². The molecule has 0 heterocycles. The number of hydrogen-bond acceptors (Lipinski definition) is 3. The molecule has 0 N–H and O–H groups in total. The zero-order chi connectivity index (χ0) is 13.3. The average molecular weight is 266 g/mol. The van der Waals surface area contributed by atoms with Gasteiger partial charge in [-0.25, -0.2) is 0 Å². The van der Waals surface area contributed by atoms with Crippen molar-refractivity contribution in [2.45, 2.75) is 42.9 Å². The predicted octanol–water partition coefficient (Wildman–Crippen LogP) is 2.52. The second-order valence-electron chi connectivity index (χ2n) is 5.52. The highest BCUT2D eigenvalue weighted by molar-refractivity contribution is 7.86. The summed E-state index contributed by atoms with van der Waals surface area (Å²) in [6.45, 7) is 5.53. The second-order valence-corrected chi connectivity index (χ2v) is 7.20. The first-order valence-corrected chi connectivity index (χ1v) is 7.28. The summed E-state index contributed by atoms with van der Waals surface area (Å²) in [6.07, 6.45) is 0.663. The first-order valence-electron chi connectivity index (χ1n) is 6.07. The van der Waals surface area contributed by atoms with Crippen molar-refractivity contribution in [1.82, 2.24) is 0 Å². The highest BCUT2D eigenvalue weighted by Gasteiger charge is 2.49. The first-order chi connectivity index (χ1) is 8.38. The van der Waals surface area contributed by atoms with E-state index in [0.717, 1.165) is 4.90 Å². The number of hydrogen-bond donors (Lipinski definition) is 0. The number of carbonyl (C=O) groups excluding carboxylic acids is 1.